The van der Waals surface area contributed by atoms with Crippen LogP contribution in [0.3, 0.4) is 0 Å². The molecule has 3 rings (SSSR count). The Morgan fingerprint density at radius 3 is 2.78 bits per heavy atom. The van der Waals surface area contributed by atoms with Gasteiger partial charge in [0.15, 0.2) is 11.5 Å². The van der Waals surface area contributed by atoms with Crippen LogP contribution in [0.2, 0.25) is 0 Å². The highest BCUT2D eigenvalue weighted by Crippen LogP contribution is 2.13. The molecule has 1 N–H and O–H groups in total. The molecule has 0 spiro atoms. The number of carbonyl (C=O) groups is 1. The minimum absolute atomic E-state index is 0.0805. The lowest BCUT2D eigenvalue weighted by Gasteiger charge is -2.25. The van der Waals surface area contributed by atoms with Gasteiger partial charge in [-0.2, -0.15) is 0 Å². The van der Waals surface area contributed by atoms with Crippen molar-refractivity contribution in [3.63, 3.8) is 0 Å². The van der Waals surface area contributed by atoms with E-state index in [0.717, 1.165) is 31.9 Å². The van der Waals surface area contributed by atoms with Crippen molar-refractivity contribution in [3.05, 3.63) is 53.4 Å². The molecule has 0 aliphatic carbocycles. The summed E-state index contributed by atoms with van der Waals surface area (Å²) in [5.41, 5.74) is 1.37. The van der Waals surface area contributed by atoms with Crippen LogP contribution < -0.4 is 5.32 Å². The van der Waals surface area contributed by atoms with Crippen molar-refractivity contribution < 1.29 is 14.1 Å². The fourth-order valence-electron chi connectivity index (χ4n) is 2.57. The lowest BCUT2D eigenvalue weighted by molar-refractivity contribution is 0.0305. The fourth-order valence-corrected chi connectivity index (χ4v) is 2.57. The molecule has 1 saturated heterocycles. The molecule has 1 atom stereocenters. The summed E-state index contributed by atoms with van der Waals surface area (Å²) >= 11 is 0. The van der Waals surface area contributed by atoms with Crippen molar-refractivity contribution in [2.75, 3.05) is 26.3 Å². The summed E-state index contributed by atoms with van der Waals surface area (Å²) in [5.74, 6) is 0.475. The Hall–Kier alpha value is -2.18. The monoisotopic (exact) mass is 315 g/mol. The van der Waals surface area contributed by atoms with E-state index >= 15 is 0 Å². The molecule has 1 aliphatic rings. The molecule has 2 aromatic rings. The maximum atomic E-state index is 12.3. The average molecular weight is 315 g/mol. The summed E-state index contributed by atoms with van der Waals surface area (Å²) < 4.78 is 10.6. The molecular weight excluding hydrogens is 294 g/mol. The first-order valence-electron chi connectivity index (χ1n) is 7.84. The summed E-state index contributed by atoms with van der Waals surface area (Å²) in [6.45, 7) is 5.80. The van der Waals surface area contributed by atoms with Crippen LogP contribution >= 0.6 is 0 Å². The molecule has 23 heavy (non-hydrogen) atoms. The molecule has 0 bridgehead atoms. The van der Waals surface area contributed by atoms with Crippen LogP contribution in [-0.4, -0.2) is 42.3 Å². The van der Waals surface area contributed by atoms with Gasteiger partial charge in [-0.15, -0.1) is 0 Å². The number of ether oxygens (including phenoxy) is 1. The molecule has 1 aromatic carbocycles. The van der Waals surface area contributed by atoms with E-state index in [1.807, 2.05) is 37.3 Å². The third-order valence-electron chi connectivity index (χ3n) is 3.92. The molecular formula is C17H21N3O3. The van der Waals surface area contributed by atoms with Gasteiger partial charge in [-0.3, -0.25) is 9.69 Å². The summed E-state index contributed by atoms with van der Waals surface area (Å²) in [4.78, 5) is 14.5. The Morgan fingerprint density at radius 1 is 1.30 bits per heavy atom. The smallest absolute Gasteiger partial charge is 0.273 e. The molecule has 122 valence electrons. The molecule has 0 radical (unpaired) electrons. The summed E-state index contributed by atoms with van der Waals surface area (Å²) in [5, 5.41) is 6.82. The van der Waals surface area contributed by atoms with Gasteiger partial charge >= 0.3 is 0 Å². The highest BCUT2D eigenvalue weighted by molar-refractivity contribution is 5.92. The van der Waals surface area contributed by atoms with Crippen LogP contribution in [0.5, 0.6) is 0 Å². The zero-order valence-corrected chi connectivity index (χ0v) is 13.2. The van der Waals surface area contributed by atoms with Crippen molar-refractivity contribution in [1.29, 1.82) is 0 Å². The van der Waals surface area contributed by atoms with Gasteiger partial charge in [0.1, 0.15) is 0 Å². The van der Waals surface area contributed by atoms with E-state index in [2.05, 4.69) is 15.4 Å². The Kier molecular flexibility index (Phi) is 5.05. The maximum absolute atomic E-state index is 12.3. The molecule has 1 aromatic heterocycles. The van der Waals surface area contributed by atoms with Gasteiger partial charge in [-0.1, -0.05) is 35.5 Å². The van der Waals surface area contributed by atoms with Crippen molar-refractivity contribution >= 4 is 5.91 Å². The Morgan fingerprint density at radius 2 is 2.04 bits per heavy atom. The maximum Gasteiger partial charge on any atom is 0.273 e. The minimum atomic E-state index is -0.224. The zero-order chi connectivity index (χ0) is 16.1. The molecule has 0 unspecified atom stereocenters. The number of rotatable bonds is 5. The predicted molar refractivity (Wildman–Crippen MR) is 84.9 cm³/mol. The lowest BCUT2D eigenvalue weighted by Crippen LogP contribution is -2.35. The first-order valence-corrected chi connectivity index (χ1v) is 7.84. The van der Waals surface area contributed by atoms with Crippen LogP contribution in [0.1, 0.15) is 34.8 Å². The minimum Gasteiger partial charge on any atom is -0.379 e. The third kappa shape index (κ3) is 4.18. The van der Waals surface area contributed by atoms with E-state index in [4.69, 9.17) is 9.26 Å². The third-order valence-corrected chi connectivity index (χ3v) is 3.92. The van der Waals surface area contributed by atoms with E-state index in [0.29, 0.717) is 18.0 Å². The van der Waals surface area contributed by atoms with E-state index in [9.17, 15) is 4.79 Å². The normalized spacial score (nSPS) is 16.9. The lowest BCUT2D eigenvalue weighted by atomic mass is 10.1. The number of benzene rings is 1. The number of nitrogens with zero attached hydrogens (tertiary/aromatic N) is 2. The number of carbonyl (C=O) groups excluding carboxylic acids is 1. The summed E-state index contributed by atoms with van der Waals surface area (Å²) in [6.07, 6.45) is 0. The van der Waals surface area contributed by atoms with Gasteiger partial charge in [-0.05, 0) is 12.5 Å². The van der Waals surface area contributed by atoms with Crippen LogP contribution in [0.4, 0.5) is 0 Å². The summed E-state index contributed by atoms with van der Waals surface area (Å²) in [7, 11) is 0. The largest absolute Gasteiger partial charge is 0.379 e. The van der Waals surface area contributed by atoms with Crippen LogP contribution in [0, 0.1) is 0 Å². The molecule has 0 saturated carbocycles. The van der Waals surface area contributed by atoms with Gasteiger partial charge < -0.3 is 14.6 Å². The number of morpholine rings is 1. The Balaban J connectivity index is 1.57. The van der Waals surface area contributed by atoms with Crippen LogP contribution in [0.25, 0.3) is 0 Å². The molecule has 1 aliphatic heterocycles. The van der Waals surface area contributed by atoms with Crippen molar-refractivity contribution in [3.8, 4) is 0 Å². The number of aromatic nitrogens is 1. The van der Waals surface area contributed by atoms with Gasteiger partial charge in [0.25, 0.3) is 5.91 Å². The molecule has 1 amide bonds. The number of amides is 1. The highest BCUT2D eigenvalue weighted by atomic mass is 16.5. The van der Waals surface area contributed by atoms with Gasteiger partial charge in [0.2, 0.25) is 0 Å². The number of hydrogen-bond acceptors (Lipinski definition) is 5. The number of hydrogen-bond donors (Lipinski definition) is 1. The topological polar surface area (TPSA) is 67.6 Å². The molecule has 6 heteroatoms. The van der Waals surface area contributed by atoms with Gasteiger partial charge in [-0.25, -0.2) is 0 Å². The second-order valence-electron chi connectivity index (χ2n) is 5.67. The van der Waals surface area contributed by atoms with Gasteiger partial charge in [0, 0.05) is 19.2 Å². The van der Waals surface area contributed by atoms with Crippen molar-refractivity contribution in [2.24, 2.45) is 0 Å². The SMILES string of the molecule is C[C@@H](NC(=O)c1cc(CN2CCOCC2)on1)c1ccccc1. The first-order chi connectivity index (χ1) is 11.2. The fraction of sp³-hybridized carbons (Fsp3) is 0.412. The first kappa shape index (κ1) is 15.7. The quantitative estimate of drug-likeness (QED) is 0.914. The van der Waals surface area contributed by atoms with Crippen LogP contribution in [0.15, 0.2) is 40.9 Å². The van der Waals surface area contributed by atoms with E-state index in [-0.39, 0.29) is 11.9 Å². The van der Waals surface area contributed by atoms with E-state index in [1.54, 1.807) is 6.07 Å². The van der Waals surface area contributed by atoms with Crippen molar-refractivity contribution in [1.82, 2.24) is 15.4 Å². The van der Waals surface area contributed by atoms with Crippen LogP contribution in [-0.2, 0) is 11.3 Å². The van der Waals surface area contributed by atoms with E-state index in [1.165, 1.54) is 0 Å². The zero-order valence-electron chi connectivity index (χ0n) is 13.2. The van der Waals surface area contributed by atoms with Gasteiger partial charge in [0.05, 0.1) is 25.8 Å². The molecule has 6 nitrogen and oxygen atoms in total. The second kappa shape index (κ2) is 7.39. The predicted octanol–water partition coefficient (Wildman–Crippen LogP) is 2.00. The molecule has 2 heterocycles. The second-order valence-corrected chi connectivity index (χ2v) is 5.67. The Labute approximate surface area is 135 Å². The van der Waals surface area contributed by atoms with E-state index < -0.39 is 0 Å². The summed E-state index contributed by atoms with van der Waals surface area (Å²) in [6, 6.07) is 11.5. The van der Waals surface area contributed by atoms with Crippen molar-refractivity contribution in [2.45, 2.75) is 19.5 Å². The highest BCUT2D eigenvalue weighted by Gasteiger charge is 2.18. The Bertz CT molecular complexity index is 636. The average Bonchev–Trinajstić information content (AvgIpc) is 3.05. The number of nitrogens with one attached hydrogen (secondary N) is 1. The standard InChI is InChI=1S/C17H21N3O3/c1-13(14-5-3-2-4-6-14)18-17(21)16-11-15(23-19-16)12-20-7-9-22-10-8-20/h2-6,11,13H,7-10,12H2,1H3,(H,18,21)/t13-/m1/s1. The molecule has 1 fully saturated rings.